The summed E-state index contributed by atoms with van der Waals surface area (Å²) in [7, 11) is 1.92. The number of carbonyl (C=O) groups excluding carboxylic acids is 2. The first kappa shape index (κ1) is 17.3. The van der Waals surface area contributed by atoms with Gasteiger partial charge in [0.2, 0.25) is 0 Å². The molecule has 0 unspecified atom stereocenters. The molecule has 5 heteroatoms. The van der Waals surface area contributed by atoms with Gasteiger partial charge in [0, 0.05) is 7.05 Å². The summed E-state index contributed by atoms with van der Waals surface area (Å²) >= 11 is 0. The molecule has 0 bridgehead atoms. The van der Waals surface area contributed by atoms with Gasteiger partial charge in [-0.1, -0.05) is 13.3 Å². The predicted octanol–water partition coefficient (Wildman–Crippen LogP) is 2.43. The molecule has 1 fully saturated rings. The number of ketones is 1. The van der Waals surface area contributed by atoms with Gasteiger partial charge in [0.25, 0.3) is 0 Å². The number of hydrogen-bond donors (Lipinski definition) is 0. The summed E-state index contributed by atoms with van der Waals surface area (Å²) in [4.78, 5) is 25.4. The molecule has 5 nitrogen and oxygen atoms in total. The number of allylic oxidation sites excluding steroid dienone is 2. The molecule has 0 amide bonds. The van der Waals surface area contributed by atoms with E-state index in [2.05, 4.69) is 13.8 Å². The number of ether oxygens (including phenoxy) is 2. The van der Waals surface area contributed by atoms with Crippen LogP contribution in [0.25, 0.3) is 0 Å². The van der Waals surface area contributed by atoms with E-state index in [0.29, 0.717) is 19.1 Å². The van der Waals surface area contributed by atoms with Crippen molar-refractivity contribution < 1.29 is 19.1 Å². The molecule has 1 saturated heterocycles. The SMILES string of the molecule is CCCCOC(=O)C(=CC=C1OCC(C)(C)N1C)C(C)=O. The second kappa shape index (κ2) is 7.29. The first-order valence-electron chi connectivity index (χ1n) is 7.26. The van der Waals surface area contributed by atoms with Crippen LogP contribution in [-0.4, -0.2) is 42.5 Å². The fraction of sp³-hybridized carbons (Fsp3) is 0.625. The maximum Gasteiger partial charge on any atom is 0.341 e. The minimum Gasteiger partial charge on any atom is -0.477 e. The second-order valence-corrected chi connectivity index (χ2v) is 5.79. The summed E-state index contributed by atoms with van der Waals surface area (Å²) in [6, 6.07) is 0. The van der Waals surface area contributed by atoms with E-state index in [0.717, 1.165) is 12.8 Å². The van der Waals surface area contributed by atoms with E-state index in [4.69, 9.17) is 9.47 Å². The van der Waals surface area contributed by atoms with Gasteiger partial charge in [0.1, 0.15) is 12.2 Å². The third kappa shape index (κ3) is 4.62. The fourth-order valence-electron chi connectivity index (χ4n) is 1.77. The largest absolute Gasteiger partial charge is 0.477 e. The van der Waals surface area contributed by atoms with E-state index in [9.17, 15) is 9.59 Å². The molecule has 0 atom stereocenters. The van der Waals surface area contributed by atoms with Crippen molar-refractivity contribution in [3.8, 4) is 0 Å². The van der Waals surface area contributed by atoms with Crippen LogP contribution >= 0.6 is 0 Å². The molecule has 0 saturated carbocycles. The topological polar surface area (TPSA) is 55.8 Å². The summed E-state index contributed by atoms with van der Waals surface area (Å²) in [5.74, 6) is -0.249. The van der Waals surface area contributed by atoms with E-state index >= 15 is 0 Å². The molecule has 0 spiro atoms. The van der Waals surface area contributed by atoms with Gasteiger partial charge in [0.15, 0.2) is 11.7 Å². The maximum absolute atomic E-state index is 11.9. The van der Waals surface area contributed by atoms with Crippen LogP contribution in [0.15, 0.2) is 23.6 Å². The lowest BCUT2D eigenvalue weighted by molar-refractivity contribution is -0.140. The molecule has 118 valence electrons. The van der Waals surface area contributed by atoms with Gasteiger partial charge in [-0.05, 0) is 39.3 Å². The Bertz CT molecular complexity index is 463. The lowest BCUT2D eigenvalue weighted by Crippen LogP contribution is -2.36. The molecule has 0 radical (unpaired) electrons. The van der Waals surface area contributed by atoms with Gasteiger partial charge in [-0.25, -0.2) is 4.79 Å². The van der Waals surface area contributed by atoms with Crippen molar-refractivity contribution in [2.75, 3.05) is 20.3 Å². The van der Waals surface area contributed by atoms with Crippen molar-refractivity contribution in [2.45, 2.75) is 46.1 Å². The van der Waals surface area contributed by atoms with Crippen LogP contribution in [0, 0.1) is 0 Å². The number of hydrogen-bond acceptors (Lipinski definition) is 5. The Hall–Kier alpha value is -1.78. The highest BCUT2D eigenvalue weighted by atomic mass is 16.5. The molecule has 0 aromatic heterocycles. The second-order valence-electron chi connectivity index (χ2n) is 5.79. The highest BCUT2D eigenvalue weighted by Crippen LogP contribution is 2.27. The number of unbranched alkanes of at least 4 members (excludes halogenated alkanes) is 1. The van der Waals surface area contributed by atoms with E-state index < -0.39 is 5.97 Å². The Labute approximate surface area is 126 Å². The lowest BCUT2D eigenvalue weighted by Gasteiger charge is -2.25. The summed E-state index contributed by atoms with van der Waals surface area (Å²) in [5, 5.41) is 0. The molecule has 1 rings (SSSR count). The van der Waals surface area contributed by atoms with Crippen LogP contribution in [0.3, 0.4) is 0 Å². The lowest BCUT2D eigenvalue weighted by atomic mass is 10.1. The molecule has 1 heterocycles. The Morgan fingerprint density at radius 3 is 2.57 bits per heavy atom. The van der Waals surface area contributed by atoms with Gasteiger partial charge in [-0.3, -0.25) is 4.79 Å². The first-order valence-corrected chi connectivity index (χ1v) is 7.26. The number of Topliss-reactive ketones (excluding diaryl/α,β-unsaturated/α-hetero) is 1. The van der Waals surface area contributed by atoms with Gasteiger partial charge < -0.3 is 14.4 Å². The molecule has 0 aromatic carbocycles. The van der Waals surface area contributed by atoms with E-state index in [-0.39, 0.29) is 16.9 Å². The van der Waals surface area contributed by atoms with Crippen LogP contribution in [0.5, 0.6) is 0 Å². The third-order valence-corrected chi connectivity index (χ3v) is 3.53. The monoisotopic (exact) mass is 295 g/mol. The predicted molar refractivity (Wildman–Crippen MR) is 80.5 cm³/mol. The Kier molecular flexibility index (Phi) is 6.00. The molecule has 1 aliphatic rings. The van der Waals surface area contributed by atoms with Crippen molar-refractivity contribution in [2.24, 2.45) is 0 Å². The highest BCUT2D eigenvalue weighted by molar-refractivity contribution is 6.16. The van der Waals surface area contributed by atoms with Gasteiger partial charge in [0.05, 0.1) is 12.1 Å². The zero-order valence-electron chi connectivity index (χ0n) is 13.6. The van der Waals surface area contributed by atoms with E-state index in [1.165, 1.54) is 13.0 Å². The zero-order valence-corrected chi connectivity index (χ0v) is 13.6. The van der Waals surface area contributed by atoms with Crippen LogP contribution in [0.4, 0.5) is 0 Å². The number of nitrogens with zero attached hydrogens (tertiary/aromatic N) is 1. The van der Waals surface area contributed by atoms with Crippen LogP contribution in [-0.2, 0) is 19.1 Å². The number of rotatable bonds is 6. The average molecular weight is 295 g/mol. The van der Waals surface area contributed by atoms with Crippen molar-refractivity contribution >= 4 is 11.8 Å². The van der Waals surface area contributed by atoms with Crippen LogP contribution in [0.2, 0.25) is 0 Å². The molecule has 0 N–H and O–H groups in total. The number of carbonyl (C=O) groups is 2. The summed E-state index contributed by atoms with van der Waals surface area (Å²) in [6.07, 6.45) is 4.85. The van der Waals surface area contributed by atoms with Gasteiger partial charge >= 0.3 is 5.97 Å². The Morgan fingerprint density at radius 1 is 1.43 bits per heavy atom. The normalized spacial score (nSPS) is 19.6. The summed E-state index contributed by atoms with van der Waals surface area (Å²) in [6.45, 7) is 8.38. The molecule has 1 aliphatic heterocycles. The van der Waals surface area contributed by atoms with Crippen molar-refractivity contribution in [3.63, 3.8) is 0 Å². The Balaban J connectivity index is 2.82. The van der Waals surface area contributed by atoms with Gasteiger partial charge in [-0.15, -0.1) is 0 Å². The quantitative estimate of drug-likeness (QED) is 0.248. The third-order valence-electron chi connectivity index (χ3n) is 3.53. The van der Waals surface area contributed by atoms with E-state index in [1.54, 1.807) is 6.08 Å². The summed E-state index contributed by atoms with van der Waals surface area (Å²) in [5.41, 5.74) is -0.0576. The van der Waals surface area contributed by atoms with Crippen LogP contribution < -0.4 is 0 Å². The molecule has 21 heavy (non-hydrogen) atoms. The van der Waals surface area contributed by atoms with E-state index in [1.807, 2.05) is 18.9 Å². The number of likely N-dealkylation sites (N-methyl/N-ethyl adjacent to an activating group) is 1. The maximum atomic E-state index is 11.9. The molecular weight excluding hydrogens is 270 g/mol. The minimum atomic E-state index is -0.576. The van der Waals surface area contributed by atoms with Crippen molar-refractivity contribution in [1.82, 2.24) is 4.90 Å². The zero-order chi connectivity index (χ0) is 16.0. The molecule has 0 aromatic rings. The highest BCUT2D eigenvalue weighted by Gasteiger charge is 2.33. The molecule has 0 aliphatic carbocycles. The Morgan fingerprint density at radius 2 is 2.10 bits per heavy atom. The van der Waals surface area contributed by atoms with Gasteiger partial charge in [-0.2, -0.15) is 0 Å². The first-order chi connectivity index (χ1) is 9.79. The minimum absolute atomic E-state index is 0.0420. The van der Waals surface area contributed by atoms with Crippen LogP contribution in [0.1, 0.15) is 40.5 Å². The van der Waals surface area contributed by atoms with Crippen molar-refractivity contribution in [1.29, 1.82) is 0 Å². The van der Waals surface area contributed by atoms with Crippen molar-refractivity contribution in [3.05, 3.63) is 23.6 Å². The summed E-state index contributed by atoms with van der Waals surface area (Å²) < 4.78 is 10.6. The fourth-order valence-corrected chi connectivity index (χ4v) is 1.77. The molecular formula is C16H25NO4. The smallest absolute Gasteiger partial charge is 0.341 e. The standard InChI is InChI=1S/C16H25NO4/c1-6-7-10-20-15(19)13(12(2)18)8-9-14-17(5)16(3,4)11-21-14/h8-9H,6-7,10-11H2,1-5H3. The number of esters is 1. The average Bonchev–Trinajstić information content (AvgIpc) is 2.65.